The Labute approximate surface area is 230 Å². The Morgan fingerprint density at radius 2 is 1.73 bits per heavy atom. The van der Waals surface area contributed by atoms with Crippen molar-refractivity contribution in [2.75, 3.05) is 18.2 Å². The number of nitrogens with zero attached hydrogens (tertiary/aromatic N) is 2. The van der Waals surface area contributed by atoms with Crippen LogP contribution in [-0.2, 0) is 17.5 Å². The summed E-state index contributed by atoms with van der Waals surface area (Å²) in [5.74, 6) is -0.160. The van der Waals surface area contributed by atoms with Crippen molar-refractivity contribution in [2.45, 2.75) is 19.1 Å². The van der Waals surface area contributed by atoms with Crippen LogP contribution in [-0.4, -0.2) is 35.3 Å². The summed E-state index contributed by atoms with van der Waals surface area (Å²) in [5.41, 5.74) is 2.36. The largest absolute Gasteiger partial charge is 0.481 e. The van der Waals surface area contributed by atoms with Gasteiger partial charge in [-0.3, -0.25) is 9.59 Å². The topological polar surface area (TPSA) is 101 Å². The van der Waals surface area contributed by atoms with E-state index in [0.717, 1.165) is 23.3 Å². The Hall–Kier alpha value is -4.58. The average molecular weight is 570 g/mol. The molecule has 8 nitrogen and oxygen atoms in total. The molecule has 2 N–H and O–H groups in total. The molecule has 0 fully saturated rings. The summed E-state index contributed by atoms with van der Waals surface area (Å²) in [7, 11) is 0. The number of alkyl halides is 3. The Morgan fingerprint density at radius 1 is 1.00 bits per heavy atom. The van der Waals surface area contributed by atoms with Gasteiger partial charge in [0.25, 0.3) is 5.91 Å². The monoisotopic (exact) mass is 569 g/mol. The summed E-state index contributed by atoms with van der Waals surface area (Å²) >= 11 is 1.34. The zero-order valence-electron chi connectivity index (χ0n) is 20.8. The first-order chi connectivity index (χ1) is 19.2. The van der Waals surface area contributed by atoms with Crippen molar-refractivity contribution in [3.05, 3.63) is 88.8 Å². The molecule has 0 aliphatic carbocycles. The third-order valence-corrected chi connectivity index (χ3v) is 6.94. The van der Waals surface area contributed by atoms with Crippen LogP contribution >= 0.6 is 11.3 Å². The van der Waals surface area contributed by atoms with Crippen LogP contribution in [0.1, 0.15) is 27.9 Å². The molecule has 3 aromatic carbocycles. The number of nitrogens with one attached hydrogen (secondary N) is 1. The molecular weight excluding hydrogens is 547 g/mol. The maximum Gasteiger partial charge on any atom is 0.416 e. The van der Waals surface area contributed by atoms with Gasteiger partial charge in [0.05, 0.1) is 24.2 Å². The summed E-state index contributed by atoms with van der Waals surface area (Å²) in [6, 6.07) is 17.0. The van der Waals surface area contributed by atoms with Crippen molar-refractivity contribution >= 4 is 34.0 Å². The van der Waals surface area contributed by atoms with E-state index in [0.29, 0.717) is 33.6 Å². The number of hydrogen-bond donors (Lipinski definition) is 2. The van der Waals surface area contributed by atoms with Gasteiger partial charge in [0.1, 0.15) is 0 Å². The number of aliphatic carboxylic acids is 1. The Balaban J connectivity index is 1.40. The van der Waals surface area contributed by atoms with E-state index in [2.05, 4.69) is 5.32 Å². The number of carbonyl (C=O) groups is 2. The molecular formula is C28H22F3N3O5S. The van der Waals surface area contributed by atoms with Gasteiger partial charge < -0.3 is 24.8 Å². The number of carboxylic acids is 1. The minimum absolute atomic E-state index is 0.00731. The fraction of sp³-hybridized carbons (Fsp3) is 0.179. The molecule has 1 aromatic heterocycles. The van der Waals surface area contributed by atoms with Gasteiger partial charge in [-0.1, -0.05) is 12.1 Å². The van der Waals surface area contributed by atoms with Gasteiger partial charge >= 0.3 is 12.1 Å². The highest BCUT2D eigenvalue weighted by molar-refractivity contribution is 7.14. The van der Waals surface area contributed by atoms with Crippen LogP contribution in [0.15, 0.2) is 72.1 Å². The summed E-state index contributed by atoms with van der Waals surface area (Å²) < 4.78 is 50.4. The number of fused-ring (bicyclic) bond motifs is 1. The van der Waals surface area contributed by atoms with Crippen molar-refractivity contribution in [1.29, 1.82) is 0 Å². The maximum atomic E-state index is 13.2. The molecule has 0 bridgehead atoms. The number of aromatic nitrogens is 1. The molecule has 206 valence electrons. The van der Waals surface area contributed by atoms with Crippen LogP contribution < -0.4 is 19.7 Å². The quantitative estimate of drug-likeness (QED) is 0.251. The molecule has 1 amide bonds. The molecule has 4 aromatic rings. The predicted molar refractivity (Wildman–Crippen MR) is 142 cm³/mol. The number of carbonyl (C=O) groups excluding carboxylic acids is 1. The van der Waals surface area contributed by atoms with Crippen LogP contribution in [0.5, 0.6) is 11.5 Å². The minimum atomic E-state index is -4.46. The van der Waals surface area contributed by atoms with Gasteiger partial charge in [0.15, 0.2) is 16.6 Å². The fourth-order valence-corrected chi connectivity index (χ4v) is 4.86. The fourth-order valence-electron chi connectivity index (χ4n) is 4.01. The third kappa shape index (κ3) is 6.18. The van der Waals surface area contributed by atoms with E-state index >= 15 is 0 Å². The van der Waals surface area contributed by atoms with Gasteiger partial charge in [-0.2, -0.15) is 13.2 Å². The van der Waals surface area contributed by atoms with Crippen molar-refractivity contribution in [1.82, 2.24) is 10.3 Å². The number of anilines is 2. The van der Waals surface area contributed by atoms with E-state index in [9.17, 15) is 22.8 Å². The van der Waals surface area contributed by atoms with Crippen LogP contribution in [0.4, 0.5) is 24.0 Å². The average Bonchev–Trinajstić information content (AvgIpc) is 3.61. The van der Waals surface area contributed by atoms with Crippen LogP contribution in [0.25, 0.3) is 11.3 Å². The maximum absolute atomic E-state index is 13.2. The lowest BCUT2D eigenvalue weighted by Crippen LogP contribution is -2.26. The summed E-state index contributed by atoms with van der Waals surface area (Å²) in [5, 5.41) is 13.7. The Morgan fingerprint density at radius 3 is 2.42 bits per heavy atom. The summed E-state index contributed by atoms with van der Waals surface area (Å²) in [4.78, 5) is 29.5. The second kappa shape index (κ2) is 11.3. The van der Waals surface area contributed by atoms with Gasteiger partial charge in [0, 0.05) is 28.7 Å². The second-order valence-corrected chi connectivity index (χ2v) is 9.65. The first kappa shape index (κ1) is 27.0. The molecule has 0 saturated heterocycles. The predicted octanol–water partition coefficient (Wildman–Crippen LogP) is 6.10. The Kier molecular flexibility index (Phi) is 7.60. The first-order valence-corrected chi connectivity index (χ1v) is 12.9. The molecule has 0 atom stereocenters. The van der Waals surface area contributed by atoms with Crippen LogP contribution in [0.2, 0.25) is 0 Å². The number of thiazole rings is 1. The van der Waals surface area contributed by atoms with Crippen molar-refractivity contribution < 1.29 is 37.3 Å². The van der Waals surface area contributed by atoms with Crippen LogP contribution in [0.3, 0.4) is 0 Å². The number of halogens is 3. The summed E-state index contributed by atoms with van der Waals surface area (Å²) in [6.07, 6.45) is -4.65. The smallest absolute Gasteiger partial charge is 0.416 e. The normalized spacial score (nSPS) is 12.3. The molecule has 12 heteroatoms. The van der Waals surface area contributed by atoms with Crippen LogP contribution in [0, 0.1) is 0 Å². The minimum Gasteiger partial charge on any atom is -0.481 e. The molecule has 0 spiro atoms. The van der Waals surface area contributed by atoms with E-state index in [1.807, 2.05) is 17.5 Å². The molecule has 2 heterocycles. The van der Waals surface area contributed by atoms with E-state index < -0.39 is 23.6 Å². The highest BCUT2D eigenvalue weighted by atomic mass is 32.1. The molecule has 0 saturated carbocycles. The van der Waals surface area contributed by atoms with E-state index in [4.69, 9.17) is 19.6 Å². The number of carboxylic acid groups (broad SMARTS) is 1. The number of hydrogen-bond acceptors (Lipinski definition) is 7. The summed E-state index contributed by atoms with van der Waals surface area (Å²) in [6.45, 7) is 0.416. The zero-order valence-corrected chi connectivity index (χ0v) is 21.6. The Bertz CT molecular complexity index is 1520. The zero-order chi connectivity index (χ0) is 28.3. The molecule has 0 radical (unpaired) electrons. The second-order valence-electron chi connectivity index (χ2n) is 8.81. The van der Waals surface area contributed by atoms with E-state index in [-0.39, 0.29) is 26.3 Å². The van der Waals surface area contributed by atoms with Crippen molar-refractivity contribution in [2.24, 2.45) is 0 Å². The van der Waals surface area contributed by atoms with E-state index in [1.54, 1.807) is 35.2 Å². The number of ether oxygens (including phenoxy) is 2. The number of amides is 1. The van der Waals surface area contributed by atoms with Crippen molar-refractivity contribution in [3.8, 4) is 22.8 Å². The molecule has 1 aliphatic heterocycles. The SMILES string of the molecule is O=C(O)CCNC(=O)c1ccc(CN(c2ccc(C(F)(F)F)cc2)c2nc(-c3ccc4c(c3)OCO4)cs2)cc1. The highest BCUT2D eigenvalue weighted by Crippen LogP contribution is 2.39. The molecule has 0 unspecified atom stereocenters. The third-order valence-electron chi connectivity index (χ3n) is 6.08. The lowest BCUT2D eigenvalue weighted by molar-refractivity contribution is -0.138. The molecule has 1 aliphatic rings. The lowest BCUT2D eigenvalue weighted by atomic mass is 10.1. The van der Waals surface area contributed by atoms with E-state index in [1.165, 1.54) is 23.5 Å². The standard InChI is InChI=1S/C28H22F3N3O5S/c29-28(30,31)20-6-8-21(9-7-20)34(14-17-1-3-18(4-2-17)26(37)32-12-11-25(35)36)27-33-22(15-40-27)19-5-10-23-24(13-19)39-16-38-23/h1-10,13,15H,11-12,14,16H2,(H,32,37)(H,35,36). The lowest BCUT2D eigenvalue weighted by Gasteiger charge is -2.23. The first-order valence-electron chi connectivity index (χ1n) is 12.1. The van der Waals surface area contributed by atoms with Gasteiger partial charge in [-0.15, -0.1) is 11.3 Å². The van der Waals surface area contributed by atoms with Gasteiger partial charge in [0.2, 0.25) is 6.79 Å². The number of rotatable bonds is 9. The highest BCUT2D eigenvalue weighted by Gasteiger charge is 2.30. The molecule has 5 rings (SSSR count). The van der Waals surface area contributed by atoms with Crippen molar-refractivity contribution in [3.63, 3.8) is 0 Å². The number of benzene rings is 3. The molecule has 40 heavy (non-hydrogen) atoms. The van der Waals surface area contributed by atoms with Gasteiger partial charge in [-0.05, 0) is 60.2 Å². The van der Waals surface area contributed by atoms with Gasteiger partial charge in [-0.25, -0.2) is 4.98 Å².